The van der Waals surface area contributed by atoms with Gasteiger partial charge in [0.1, 0.15) is 5.84 Å². The van der Waals surface area contributed by atoms with Crippen LogP contribution in [0.3, 0.4) is 0 Å². The third-order valence-corrected chi connectivity index (χ3v) is 3.46. The number of hydrogen-bond donors (Lipinski definition) is 2. The summed E-state index contributed by atoms with van der Waals surface area (Å²) in [5.74, 6) is -1.38. The van der Waals surface area contributed by atoms with Gasteiger partial charge in [0.05, 0.1) is 17.2 Å². The van der Waals surface area contributed by atoms with E-state index < -0.39 is 17.9 Å². The van der Waals surface area contributed by atoms with Gasteiger partial charge in [-0.05, 0) is 19.1 Å². The molecule has 0 radical (unpaired) electrons. The average Bonchev–Trinajstić information content (AvgIpc) is 2.75. The highest BCUT2D eigenvalue weighted by atomic mass is 16.2. The third-order valence-electron chi connectivity index (χ3n) is 3.46. The predicted octanol–water partition coefficient (Wildman–Crippen LogP) is 0.716. The molecule has 1 unspecified atom stereocenters. The molecule has 0 bridgehead atoms. The highest BCUT2D eigenvalue weighted by Gasteiger charge is 2.39. The van der Waals surface area contributed by atoms with Crippen LogP contribution in [0.2, 0.25) is 0 Å². The van der Waals surface area contributed by atoms with Crippen molar-refractivity contribution in [2.24, 2.45) is 16.8 Å². The smallest absolute Gasteiger partial charge is 0.262 e. The van der Waals surface area contributed by atoms with E-state index in [2.05, 4.69) is 10.5 Å². The van der Waals surface area contributed by atoms with Crippen molar-refractivity contribution in [3.05, 3.63) is 35.4 Å². The molecule has 1 aliphatic heterocycles. The minimum Gasteiger partial charge on any atom is -0.384 e. The van der Waals surface area contributed by atoms with Gasteiger partial charge in [0.2, 0.25) is 5.91 Å². The third kappa shape index (κ3) is 2.69. The Morgan fingerprint density at radius 1 is 1.14 bits per heavy atom. The van der Waals surface area contributed by atoms with Gasteiger partial charge in [-0.2, -0.15) is 5.10 Å². The molecular weight excluding hydrogens is 284 g/mol. The van der Waals surface area contributed by atoms with Crippen LogP contribution in [0, 0.1) is 5.92 Å². The van der Waals surface area contributed by atoms with E-state index in [1.165, 1.54) is 0 Å². The van der Waals surface area contributed by atoms with E-state index in [0.717, 1.165) is 4.90 Å². The van der Waals surface area contributed by atoms with Crippen LogP contribution in [-0.4, -0.2) is 34.5 Å². The fourth-order valence-electron chi connectivity index (χ4n) is 2.03. The molecule has 1 aromatic carbocycles. The Hall–Kier alpha value is -2.70. The SMILES string of the molecule is CC(C)C(=O)N/N=C(\N)C(C)N1C(=O)c2ccccc2C1=O. The van der Waals surface area contributed by atoms with Gasteiger partial charge in [0.15, 0.2) is 0 Å². The van der Waals surface area contributed by atoms with Crippen molar-refractivity contribution < 1.29 is 14.4 Å². The minimum absolute atomic E-state index is 0.0106. The molecule has 0 saturated heterocycles. The standard InChI is InChI=1S/C15H18N4O3/c1-8(2)13(20)18-17-12(16)9(3)19-14(21)10-6-4-5-7-11(10)15(19)22/h4-9H,1-3H3,(H2,16,17)(H,18,20). The first kappa shape index (κ1) is 15.7. The minimum atomic E-state index is -0.750. The van der Waals surface area contributed by atoms with Crippen molar-refractivity contribution in [2.45, 2.75) is 26.8 Å². The zero-order valence-electron chi connectivity index (χ0n) is 12.7. The zero-order valence-corrected chi connectivity index (χ0v) is 12.7. The van der Waals surface area contributed by atoms with E-state index in [4.69, 9.17) is 5.73 Å². The van der Waals surface area contributed by atoms with Gasteiger partial charge in [0.25, 0.3) is 11.8 Å². The summed E-state index contributed by atoms with van der Waals surface area (Å²) in [6, 6.07) is 5.82. The summed E-state index contributed by atoms with van der Waals surface area (Å²) in [7, 11) is 0. The lowest BCUT2D eigenvalue weighted by Crippen LogP contribution is -2.47. The van der Waals surface area contributed by atoms with Gasteiger partial charge in [-0.1, -0.05) is 26.0 Å². The average molecular weight is 302 g/mol. The number of amidine groups is 1. The monoisotopic (exact) mass is 302 g/mol. The molecule has 2 rings (SSSR count). The molecule has 0 aromatic heterocycles. The largest absolute Gasteiger partial charge is 0.384 e. The zero-order chi connectivity index (χ0) is 16.4. The molecule has 1 heterocycles. The second-order valence-electron chi connectivity index (χ2n) is 5.37. The number of imide groups is 1. The summed E-state index contributed by atoms with van der Waals surface area (Å²) in [5.41, 5.74) is 8.80. The van der Waals surface area contributed by atoms with Crippen LogP contribution in [0.15, 0.2) is 29.4 Å². The number of hydrazone groups is 1. The lowest BCUT2D eigenvalue weighted by molar-refractivity contribution is -0.123. The molecule has 3 amide bonds. The van der Waals surface area contributed by atoms with Crippen LogP contribution < -0.4 is 11.2 Å². The van der Waals surface area contributed by atoms with Crippen molar-refractivity contribution in [3.63, 3.8) is 0 Å². The van der Waals surface area contributed by atoms with Crippen LogP contribution in [-0.2, 0) is 4.79 Å². The Morgan fingerprint density at radius 3 is 2.09 bits per heavy atom. The second kappa shape index (κ2) is 5.97. The van der Waals surface area contributed by atoms with Gasteiger partial charge in [-0.15, -0.1) is 0 Å². The maximum Gasteiger partial charge on any atom is 0.262 e. The molecule has 1 aromatic rings. The number of rotatable bonds is 4. The molecule has 116 valence electrons. The van der Waals surface area contributed by atoms with E-state index in [-0.39, 0.29) is 17.7 Å². The van der Waals surface area contributed by atoms with Crippen LogP contribution in [0.1, 0.15) is 41.5 Å². The van der Waals surface area contributed by atoms with Gasteiger partial charge in [-0.25, -0.2) is 5.43 Å². The van der Waals surface area contributed by atoms with E-state index in [9.17, 15) is 14.4 Å². The highest BCUT2D eigenvalue weighted by molar-refractivity contribution is 6.22. The van der Waals surface area contributed by atoms with Crippen molar-refractivity contribution in [1.29, 1.82) is 0 Å². The lowest BCUT2D eigenvalue weighted by Gasteiger charge is -2.21. The molecule has 0 spiro atoms. The Morgan fingerprint density at radius 2 is 1.64 bits per heavy atom. The molecule has 0 aliphatic carbocycles. The summed E-state index contributed by atoms with van der Waals surface area (Å²) in [5, 5.41) is 3.77. The molecular formula is C15H18N4O3. The molecule has 1 aliphatic rings. The first-order valence-corrected chi connectivity index (χ1v) is 6.94. The predicted molar refractivity (Wildman–Crippen MR) is 81.0 cm³/mol. The van der Waals surface area contributed by atoms with E-state index in [1.807, 2.05) is 0 Å². The van der Waals surface area contributed by atoms with Crippen molar-refractivity contribution in [3.8, 4) is 0 Å². The summed E-state index contributed by atoms with van der Waals surface area (Å²) >= 11 is 0. The quantitative estimate of drug-likeness (QED) is 0.370. The summed E-state index contributed by atoms with van der Waals surface area (Å²) < 4.78 is 0. The number of amides is 3. The fraction of sp³-hybridized carbons (Fsp3) is 0.333. The molecule has 0 fully saturated rings. The molecule has 22 heavy (non-hydrogen) atoms. The van der Waals surface area contributed by atoms with E-state index in [1.54, 1.807) is 45.0 Å². The second-order valence-corrected chi connectivity index (χ2v) is 5.37. The molecule has 3 N–H and O–H groups in total. The number of nitrogens with one attached hydrogen (secondary N) is 1. The topological polar surface area (TPSA) is 105 Å². The fourth-order valence-corrected chi connectivity index (χ4v) is 2.03. The number of benzene rings is 1. The normalized spacial score (nSPS) is 16.0. The van der Waals surface area contributed by atoms with Crippen LogP contribution in [0.4, 0.5) is 0 Å². The molecule has 7 heteroatoms. The number of carbonyl (C=O) groups is 3. The number of nitrogens with zero attached hydrogens (tertiary/aromatic N) is 2. The van der Waals surface area contributed by atoms with Gasteiger partial charge < -0.3 is 5.73 Å². The van der Waals surface area contributed by atoms with Crippen molar-refractivity contribution in [1.82, 2.24) is 10.3 Å². The van der Waals surface area contributed by atoms with E-state index in [0.29, 0.717) is 11.1 Å². The number of fused-ring (bicyclic) bond motifs is 1. The maximum absolute atomic E-state index is 12.3. The van der Waals surface area contributed by atoms with Gasteiger partial charge >= 0.3 is 0 Å². The number of carbonyl (C=O) groups excluding carboxylic acids is 3. The maximum atomic E-state index is 12.3. The van der Waals surface area contributed by atoms with Crippen molar-refractivity contribution in [2.75, 3.05) is 0 Å². The Balaban J connectivity index is 2.19. The van der Waals surface area contributed by atoms with Gasteiger partial charge in [0, 0.05) is 5.92 Å². The molecule has 7 nitrogen and oxygen atoms in total. The van der Waals surface area contributed by atoms with Crippen LogP contribution in [0.25, 0.3) is 0 Å². The van der Waals surface area contributed by atoms with Crippen LogP contribution in [0.5, 0.6) is 0 Å². The summed E-state index contributed by atoms with van der Waals surface area (Å²) in [6.07, 6.45) is 0. The summed E-state index contributed by atoms with van der Waals surface area (Å²) in [4.78, 5) is 37.1. The Labute approximate surface area is 128 Å². The first-order valence-electron chi connectivity index (χ1n) is 6.94. The Bertz CT molecular complexity index is 632. The first-order chi connectivity index (χ1) is 10.3. The number of nitrogens with two attached hydrogens (primary N) is 1. The molecule has 0 saturated carbocycles. The highest BCUT2D eigenvalue weighted by Crippen LogP contribution is 2.24. The lowest BCUT2D eigenvalue weighted by atomic mass is 10.1. The van der Waals surface area contributed by atoms with E-state index >= 15 is 0 Å². The van der Waals surface area contributed by atoms with Gasteiger partial charge in [-0.3, -0.25) is 19.3 Å². The molecule has 1 atom stereocenters. The van der Waals surface area contributed by atoms with Crippen LogP contribution >= 0.6 is 0 Å². The summed E-state index contributed by atoms with van der Waals surface area (Å²) in [6.45, 7) is 5.02. The van der Waals surface area contributed by atoms with Crippen molar-refractivity contribution >= 4 is 23.6 Å². The Kier molecular flexibility index (Phi) is 4.25. The number of hydrogen-bond acceptors (Lipinski definition) is 4.